The zero-order valence-electron chi connectivity index (χ0n) is 10.7. The van der Waals surface area contributed by atoms with Gasteiger partial charge in [0, 0.05) is 11.8 Å². The van der Waals surface area contributed by atoms with Gasteiger partial charge in [-0.1, -0.05) is 31.9 Å². The topological polar surface area (TPSA) is 26.3 Å². The molecular weight excluding hydrogens is 212 g/mol. The van der Waals surface area contributed by atoms with Gasteiger partial charge in [0.15, 0.2) is 0 Å². The Morgan fingerprint density at radius 3 is 2.35 bits per heavy atom. The second-order valence-corrected chi connectivity index (χ2v) is 5.22. The third kappa shape index (κ3) is 2.68. The van der Waals surface area contributed by atoms with Crippen LogP contribution < -0.4 is 4.74 Å². The molecule has 0 radical (unpaired) electrons. The van der Waals surface area contributed by atoms with Crippen LogP contribution in [0.2, 0.25) is 0 Å². The van der Waals surface area contributed by atoms with Crippen LogP contribution in [-0.2, 0) is 11.2 Å². The van der Waals surface area contributed by atoms with E-state index in [9.17, 15) is 4.79 Å². The lowest BCUT2D eigenvalue weighted by Crippen LogP contribution is -2.25. The summed E-state index contributed by atoms with van der Waals surface area (Å²) < 4.78 is 5.11. The second kappa shape index (κ2) is 4.91. The van der Waals surface area contributed by atoms with Crippen LogP contribution >= 0.6 is 0 Å². The first kappa shape index (κ1) is 12.2. The SMILES string of the molecule is COc1ccc(CC(=O)C2(C)CCCC2)cc1. The molecule has 0 bridgehead atoms. The fourth-order valence-corrected chi connectivity index (χ4v) is 2.58. The van der Waals surface area contributed by atoms with Gasteiger partial charge in [0.05, 0.1) is 7.11 Å². The first-order valence-electron chi connectivity index (χ1n) is 6.30. The Labute approximate surface area is 103 Å². The van der Waals surface area contributed by atoms with E-state index < -0.39 is 0 Å². The molecule has 1 aliphatic carbocycles. The maximum Gasteiger partial charge on any atom is 0.143 e. The summed E-state index contributed by atoms with van der Waals surface area (Å²) in [6, 6.07) is 7.79. The Kier molecular flexibility index (Phi) is 3.51. The number of benzene rings is 1. The number of ether oxygens (including phenoxy) is 1. The summed E-state index contributed by atoms with van der Waals surface area (Å²) in [6.45, 7) is 2.12. The van der Waals surface area contributed by atoms with Gasteiger partial charge in [0.1, 0.15) is 11.5 Å². The minimum absolute atomic E-state index is 0.0695. The molecule has 0 aromatic heterocycles. The normalized spacial score (nSPS) is 18.0. The van der Waals surface area contributed by atoms with Crippen LogP contribution in [0.4, 0.5) is 0 Å². The Morgan fingerprint density at radius 1 is 1.24 bits per heavy atom. The summed E-state index contributed by atoms with van der Waals surface area (Å²) in [6.07, 6.45) is 5.07. The van der Waals surface area contributed by atoms with Gasteiger partial charge in [-0.25, -0.2) is 0 Å². The molecule has 2 heteroatoms. The summed E-state index contributed by atoms with van der Waals surface area (Å²) in [7, 11) is 1.65. The minimum atomic E-state index is -0.0695. The van der Waals surface area contributed by atoms with Crippen LogP contribution in [-0.4, -0.2) is 12.9 Å². The zero-order chi connectivity index (χ0) is 12.3. The quantitative estimate of drug-likeness (QED) is 0.795. The molecule has 0 spiro atoms. The molecule has 1 aliphatic rings. The van der Waals surface area contributed by atoms with Crippen LogP contribution in [0, 0.1) is 5.41 Å². The van der Waals surface area contributed by atoms with Crippen molar-refractivity contribution in [3.05, 3.63) is 29.8 Å². The Balaban J connectivity index is 2.02. The van der Waals surface area contributed by atoms with E-state index in [1.54, 1.807) is 7.11 Å². The van der Waals surface area contributed by atoms with Gasteiger partial charge in [-0.05, 0) is 30.5 Å². The van der Waals surface area contributed by atoms with Gasteiger partial charge in [0.2, 0.25) is 0 Å². The van der Waals surface area contributed by atoms with Gasteiger partial charge in [0.25, 0.3) is 0 Å². The molecule has 0 N–H and O–H groups in total. The molecule has 1 saturated carbocycles. The Morgan fingerprint density at radius 2 is 1.82 bits per heavy atom. The van der Waals surface area contributed by atoms with Crippen molar-refractivity contribution in [1.82, 2.24) is 0 Å². The first-order valence-corrected chi connectivity index (χ1v) is 6.30. The number of hydrogen-bond acceptors (Lipinski definition) is 2. The van der Waals surface area contributed by atoms with Crippen molar-refractivity contribution in [2.45, 2.75) is 39.0 Å². The van der Waals surface area contributed by atoms with Crippen molar-refractivity contribution < 1.29 is 9.53 Å². The van der Waals surface area contributed by atoms with E-state index in [2.05, 4.69) is 6.92 Å². The second-order valence-electron chi connectivity index (χ2n) is 5.22. The predicted molar refractivity (Wildman–Crippen MR) is 68.3 cm³/mol. The molecule has 2 nitrogen and oxygen atoms in total. The summed E-state index contributed by atoms with van der Waals surface area (Å²) >= 11 is 0. The molecule has 0 unspecified atom stereocenters. The van der Waals surface area contributed by atoms with Crippen molar-refractivity contribution in [3.8, 4) is 5.75 Å². The number of ketones is 1. The van der Waals surface area contributed by atoms with E-state index in [4.69, 9.17) is 4.74 Å². The zero-order valence-corrected chi connectivity index (χ0v) is 10.7. The van der Waals surface area contributed by atoms with Crippen molar-refractivity contribution in [1.29, 1.82) is 0 Å². The van der Waals surface area contributed by atoms with E-state index in [1.807, 2.05) is 24.3 Å². The number of Topliss-reactive ketones (excluding diaryl/α,β-unsaturated/α-hetero) is 1. The molecular formula is C15H20O2. The Bertz CT molecular complexity index is 386. The number of carbonyl (C=O) groups excluding carboxylic acids is 1. The number of carbonyl (C=O) groups is 1. The van der Waals surface area contributed by atoms with Crippen molar-refractivity contribution in [2.24, 2.45) is 5.41 Å². The fourth-order valence-electron chi connectivity index (χ4n) is 2.58. The summed E-state index contributed by atoms with van der Waals surface area (Å²) in [5.74, 6) is 1.23. The molecule has 92 valence electrons. The third-order valence-corrected chi connectivity index (χ3v) is 3.90. The van der Waals surface area contributed by atoms with E-state index in [0.717, 1.165) is 24.2 Å². The molecule has 2 rings (SSSR count). The van der Waals surface area contributed by atoms with Crippen molar-refractivity contribution >= 4 is 5.78 Å². The van der Waals surface area contributed by atoms with Gasteiger partial charge in [-0.3, -0.25) is 4.79 Å². The lowest BCUT2D eigenvalue weighted by atomic mass is 9.81. The predicted octanol–water partition coefficient (Wildman–Crippen LogP) is 3.39. The molecule has 0 atom stereocenters. The number of hydrogen-bond donors (Lipinski definition) is 0. The molecule has 1 aromatic rings. The van der Waals surface area contributed by atoms with Gasteiger partial charge in [-0.2, -0.15) is 0 Å². The van der Waals surface area contributed by atoms with Crippen LogP contribution in [0.25, 0.3) is 0 Å². The smallest absolute Gasteiger partial charge is 0.143 e. The fraction of sp³-hybridized carbons (Fsp3) is 0.533. The minimum Gasteiger partial charge on any atom is -0.497 e. The maximum atomic E-state index is 12.3. The van der Waals surface area contributed by atoms with Crippen molar-refractivity contribution in [3.63, 3.8) is 0 Å². The first-order chi connectivity index (χ1) is 8.14. The highest BCUT2D eigenvalue weighted by Crippen LogP contribution is 2.39. The molecule has 0 amide bonds. The monoisotopic (exact) mass is 232 g/mol. The molecule has 0 heterocycles. The standard InChI is InChI=1S/C15H20O2/c1-15(9-3-4-10-15)14(16)11-12-5-7-13(17-2)8-6-12/h5-8H,3-4,9-11H2,1-2H3. The van der Waals surface area contributed by atoms with Crippen LogP contribution in [0.5, 0.6) is 5.75 Å². The maximum absolute atomic E-state index is 12.3. The molecule has 17 heavy (non-hydrogen) atoms. The highest BCUT2D eigenvalue weighted by molar-refractivity contribution is 5.86. The Hall–Kier alpha value is -1.31. The summed E-state index contributed by atoms with van der Waals surface area (Å²) in [5, 5.41) is 0. The average Bonchev–Trinajstić information content (AvgIpc) is 2.78. The highest BCUT2D eigenvalue weighted by atomic mass is 16.5. The lowest BCUT2D eigenvalue weighted by molar-refractivity contribution is -0.126. The molecule has 1 fully saturated rings. The molecule has 1 aromatic carbocycles. The van der Waals surface area contributed by atoms with E-state index in [-0.39, 0.29) is 5.41 Å². The van der Waals surface area contributed by atoms with E-state index in [1.165, 1.54) is 12.8 Å². The number of rotatable bonds is 4. The van der Waals surface area contributed by atoms with Crippen LogP contribution in [0.3, 0.4) is 0 Å². The number of methoxy groups -OCH3 is 1. The summed E-state index contributed by atoms with van der Waals surface area (Å²) in [5.41, 5.74) is 1.02. The average molecular weight is 232 g/mol. The largest absolute Gasteiger partial charge is 0.497 e. The van der Waals surface area contributed by atoms with Crippen LogP contribution in [0.1, 0.15) is 38.2 Å². The van der Waals surface area contributed by atoms with Crippen molar-refractivity contribution in [2.75, 3.05) is 7.11 Å². The highest BCUT2D eigenvalue weighted by Gasteiger charge is 2.35. The van der Waals surface area contributed by atoms with E-state index in [0.29, 0.717) is 12.2 Å². The lowest BCUT2D eigenvalue weighted by Gasteiger charge is -2.21. The molecule has 0 aliphatic heterocycles. The summed E-state index contributed by atoms with van der Waals surface area (Å²) in [4.78, 5) is 12.3. The van der Waals surface area contributed by atoms with Crippen LogP contribution in [0.15, 0.2) is 24.3 Å². The van der Waals surface area contributed by atoms with Gasteiger partial charge >= 0.3 is 0 Å². The van der Waals surface area contributed by atoms with Gasteiger partial charge < -0.3 is 4.74 Å². The third-order valence-electron chi connectivity index (χ3n) is 3.90. The van der Waals surface area contributed by atoms with Gasteiger partial charge in [-0.15, -0.1) is 0 Å². The van der Waals surface area contributed by atoms with E-state index >= 15 is 0 Å². The molecule has 0 saturated heterocycles.